The summed E-state index contributed by atoms with van der Waals surface area (Å²) in [6.07, 6.45) is 1.64. The lowest BCUT2D eigenvalue weighted by Gasteiger charge is -2.09. The van der Waals surface area contributed by atoms with Crippen LogP contribution in [0.3, 0.4) is 0 Å². The van der Waals surface area contributed by atoms with Crippen LogP contribution in [0.4, 0.5) is 0 Å². The van der Waals surface area contributed by atoms with Crippen molar-refractivity contribution in [2.45, 2.75) is 6.92 Å². The molecule has 5 nitrogen and oxygen atoms in total. The number of nitrogens with zero attached hydrogens (tertiary/aromatic N) is 1. The molecule has 1 aromatic heterocycles. The van der Waals surface area contributed by atoms with Gasteiger partial charge in [-0.3, -0.25) is 9.69 Å². The van der Waals surface area contributed by atoms with E-state index in [2.05, 4.69) is 0 Å². The molecule has 1 aliphatic heterocycles. The maximum absolute atomic E-state index is 12.2. The molecular formula is C17H12NO4S2-. The second kappa shape index (κ2) is 6.62. The zero-order valence-corrected chi connectivity index (χ0v) is 14.3. The van der Waals surface area contributed by atoms with Gasteiger partial charge in [0.1, 0.15) is 15.8 Å². The van der Waals surface area contributed by atoms with Crippen LogP contribution in [0.5, 0.6) is 0 Å². The molecule has 2 heterocycles. The van der Waals surface area contributed by atoms with Gasteiger partial charge >= 0.3 is 0 Å². The SMILES string of the molecule is CCN1C(=O)/C(=C\c2ccc(-c3cccc(C(=O)[O-])c3)o2)SC1=S. The number of carboxylic acids is 1. The molecule has 1 fully saturated rings. The Bertz CT molecular complexity index is 869. The number of hydrogen-bond acceptors (Lipinski definition) is 6. The van der Waals surface area contributed by atoms with E-state index in [0.717, 1.165) is 0 Å². The summed E-state index contributed by atoms with van der Waals surface area (Å²) in [5.74, 6) is -0.368. The van der Waals surface area contributed by atoms with E-state index in [9.17, 15) is 14.7 Å². The minimum Gasteiger partial charge on any atom is -0.545 e. The van der Waals surface area contributed by atoms with Crippen molar-refractivity contribution in [3.8, 4) is 11.3 Å². The van der Waals surface area contributed by atoms with E-state index < -0.39 is 5.97 Å². The maximum Gasteiger partial charge on any atom is 0.266 e. The van der Waals surface area contributed by atoms with Gasteiger partial charge in [-0.05, 0) is 30.7 Å². The molecule has 1 aliphatic rings. The summed E-state index contributed by atoms with van der Waals surface area (Å²) in [4.78, 5) is 25.2. The normalized spacial score (nSPS) is 16.2. The Hall–Kier alpha value is -2.38. The average Bonchev–Trinajstić information content (AvgIpc) is 3.13. The minimum absolute atomic E-state index is 0.0780. The standard InChI is InChI=1S/C17H13NO4S2/c1-2-18-15(19)14(24-17(18)23)9-12-6-7-13(22-12)10-4-3-5-11(8-10)16(20)21/h3-9H,2H2,1H3,(H,20,21)/p-1/b14-9+. The molecule has 0 N–H and O–H groups in total. The molecule has 0 aliphatic carbocycles. The molecule has 3 rings (SSSR count). The van der Waals surface area contributed by atoms with Crippen molar-refractivity contribution in [3.63, 3.8) is 0 Å². The van der Waals surface area contributed by atoms with Gasteiger partial charge in [-0.25, -0.2) is 0 Å². The maximum atomic E-state index is 12.2. The van der Waals surface area contributed by atoms with Gasteiger partial charge in [-0.2, -0.15) is 0 Å². The quantitative estimate of drug-likeness (QED) is 0.618. The zero-order chi connectivity index (χ0) is 17.3. The van der Waals surface area contributed by atoms with Crippen molar-refractivity contribution >= 4 is 46.3 Å². The number of carboxylic acid groups (broad SMARTS) is 1. The van der Waals surface area contributed by atoms with Gasteiger partial charge in [0.25, 0.3) is 5.91 Å². The lowest BCUT2D eigenvalue weighted by Crippen LogP contribution is -2.27. The van der Waals surface area contributed by atoms with E-state index in [-0.39, 0.29) is 11.5 Å². The Morgan fingerprint density at radius 3 is 2.83 bits per heavy atom. The Kier molecular flexibility index (Phi) is 4.55. The minimum atomic E-state index is -1.24. The third-order valence-corrected chi connectivity index (χ3v) is 4.85. The first-order valence-electron chi connectivity index (χ1n) is 7.16. The van der Waals surface area contributed by atoms with E-state index in [1.54, 1.807) is 30.3 Å². The molecule has 0 atom stereocenters. The molecule has 0 spiro atoms. The zero-order valence-electron chi connectivity index (χ0n) is 12.6. The number of thiocarbonyl (C=S) groups is 1. The average molecular weight is 358 g/mol. The number of carbonyl (C=O) groups is 2. The van der Waals surface area contributed by atoms with Crippen LogP contribution in [-0.2, 0) is 4.79 Å². The van der Waals surface area contributed by atoms with Crippen molar-refractivity contribution in [1.82, 2.24) is 4.90 Å². The van der Waals surface area contributed by atoms with Crippen molar-refractivity contribution in [1.29, 1.82) is 0 Å². The molecule has 0 radical (unpaired) electrons. The van der Waals surface area contributed by atoms with Gasteiger partial charge in [0.2, 0.25) is 0 Å². The number of carbonyl (C=O) groups excluding carboxylic acids is 2. The lowest BCUT2D eigenvalue weighted by molar-refractivity contribution is -0.255. The summed E-state index contributed by atoms with van der Waals surface area (Å²) in [7, 11) is 0. The van der Waals surface area contributed by atoms with Gasteiger partial charge in [-0.15, -0.1) is 0 Å². The smallest absolute Gasteiger partial charge is 0.266 e. The fourth-order valence-corrected chi connectivity index (χ4v) is 3.65. The number of likely N-dealkylation sites (N-methyl/N-ethyl adjacent to an activating group) is 1. The van der Waals surface area contributed by atoms with Crippen LogP contribution >= 0.6 is 24.0 Å². The van der Waals surface area contributed by atoms with Crippen LogP contribution in [0.15, 0.2) is 45.7 Å². The van der Waals surface area contributed by atoms with E-state index >= 15 is 0 Å². The highest BCUT2D eigenvalue weighted by Crippen LogP contribution is 2.33. The molecule has 122 valence electrons. The van der Waals surface area contributed by atoms with Gasteiger partial charge < -0.3 is 14.3 Å². The Labute approximate surface area is 148 Å². The van der Waals surface area contributed by atoms with Crippen LogP contribution in [0, 0.1) is 0 Å². The van der Waals surface area contributed by atoms with Crippen molar-refractivity contribution in [2.75, 3.05) is 6.54 Å². The summed E-state index contributed by atoms with van der Waals surface area (Å²) >= 11 is 6.40. The third kappa shape index (κ3) is 3.13. The molecule has 0 unspecified atom stereocenters. The van der Waals surface area contributed by atoms with Crippen molar-refractivity contribution in [3.05, 3.63) is 52.6 Å². The molecule has 24 heavy (non-hydrogen) atoms. The Balaban J connectivity index is 1.88. The predicted molar refractivity (Wildman–Crippen MR) is 94.0 cm³/mol. The van der Waals surface area contributed by atoms with Crippen molar-refractivity contribution in [2.24, 2.45) is 0 Å². The second-order valence-electron chi connectivity index (χ2n) is 5.00. The molecule has 1 saturated heterocycles. The molecule has 0 saturated carbocycles. The molecule has 0 bridgehead atoms. The highest BCUT2D eigenvalue weighted by atomic mass is 32.2. The number of benzene rings is 1. The summed E-state index contributed by atoms with van der Waals surface area (Å²) in [5.41, 5.74) is 0.701. The highest BCUT2D eigenvalue weighted by molar-refractivity contribution is 8.26. The van der Waals surface area contributed by atoms with Crippen LogP contribution in [0.25, 0.3) is 17.4 Å². The summed E-state index contributed by atoms with van der Waals surface area (Å²) in [6.45, 7) is 2.39. The monoisotopic (exact) mass is 358 g/mol. The first kappa shape index (κ1) is 16.5. The summed E-state index contributed by atoms with van der Waals surface area (Å²) in [6, 6.07) is 9.74. The molecule has 1 aromatic carbocycles. The predicted octanol–water partition coefficient (Wildman–Crippen LogP) is 2.53. The highest BCUT2D eigenvalue weighted by Gasteiger charge is 2.30. The summed E-state index contributed by atoms with van der Waals surface area (Å²) in [5, 5.41) is 10.9. The fraction of sp³-hybridized carbons (Fsp3) is 0.118. The Morgan fingerprint density at radius 1 is 1.38 bits per heavy atom. The van der Waals surface area contributed by atoms with Crippen LogP contribution < -0.4 is 5.11 Å². The third-order valence-electron chi connectivity index (χ3n) is 3.47. The number of amides is 1. The molecule has 7 heteroatoms. The number of thioether (sulfide) groups is 1. The first-order valence-corrected chi connectivity index (χ1v) is 8.39. The molecule has 1 amide bonds. The van der Waals surface area contributed by atoms with E-state index in [1.165, 1.54) is 28.8 Å². The summed E-state index contributed by atoms with van der Waals surface area (Å²) < 4.78 is 6.23. The number of aromatic carboxylic acids is 1. The van der Waals surface area contributed by atoms with Crippen LogP contribution in [-0.4, -0.2) is 27.6 Å². The van der Waals surface area contributed by atoms with E-state index in [1.807, 2.05) is 6.92 Å². The van der Waals surface area contributed by atoms with Gasteiger partial charge in [0, 0.05) is 18.2 Å². The largest absolute Gasteiger partial charge is 0.545 e. The first-order chi connectivity index (χ1) is 11.5. The van der Waals surface area contributed by atoms with Gasteiger partial charge in [0.15, 0.2) is 0 Å². The van der Waals surface area contributed by atoms with E-state index in [4.69, 9.17) is 16.6 Å². The van der Waals surface area contributed by atoms with Gasteiger partial charge in [-0.1, -0.05) is 42.2 Å². The van der Waals surface area contributed by atoms with Gasteiger partial charge in [0.05, 0.1) is 10.9 Å². The van der Waals surface area contributed by atoms with Crippen LogP contribution in [0.1, 0.15) is 23.0 Å². The molecular weight excluding hydrogens is 346 g/mol. The van der Waals surface area contributed by atoms with E-state index in [0.29, 0.717) is 32.9 Å². The van der Waals surface area contributed by atoms with Crippen LogP contribution in [0.2, 0.25) is 0 Å². The second-order valence-corrected chi connectivity index (χ2v) is 6.67. The number of rotatable bonds is 4. The lowest BCUT2D eigenvalue weighted by atomic mass is 10.1. The number of furan rings is 1. The topological polar surface area (TPSA) is 73.6 Å². The Morgan fingerprint density at radius 2 is 2.17 bits per heavy atom. The molecule has 2 aromatic rings. The fourth-order valence-electron chi connectivity index (χ4n) is 2.29. The van der Waals surface area contributed by atoms with Crippen molar-refractivity contribution < 1.29 is 19.1 Å². The number of hydrogen-bond donors (Lipinski definition) is 0.